The lowest BCUT2D eigenvalue weighted by molar-refractivity contribution is 0.589. The monoisotopic (exact) mass is 384 g/mol. The zero-order chi connectivity index (χ0) is 19.9. The van der Waals surface area contributed by atoms with Gasteiger partial charge in [-0.2, -0.15) is 0 Å². The van der Waals surface area contributed by atoms with Gasteiger partial charge in [0.25, 0.3) is 0 Å². The van der Waals surface area contributed by atoms with Crippen molar-refractivity contribution in [1.82, 2.24) is 0 Å². The van der Waals surface area contributed by atoms with E-state index in [0.717, 1.165) is 12.8 Å². The van der Waals surface area contributed by atoms with E-state index >= 15 is 0 Å². The lowest BCUT2D eigenvalue weighted by Gasteiger charge is -2.28. The Bertz CT molecular complexity index is 1360. The number of hydrogen-bond acceptors (Lipinski definition) is 0. The van der Waals surface area contributed by atoms with Crippen LogP contribution in [-0.4, -0.2) is 0 Å². The van der Waals surface area contributed by atoms with Crippen LogP contribution in [0.2, 0.25) is 0 Å². The molecule has 0 nitrogen and oxygen atoms in total. The highest BCUT2D eigenvalue weighted by Gasteiger charge is 2.24. The fourth-order valence-electron chi connectivity index (χ4n) is 5.37. The first-order valence-corrected chi connectivity index (χ1v) is 10.9. The van der Waals surface area contributed by atoms with Crippen molar-refractivity contribution in [2.24, 2.45) is 0 Å². The molecule has 0 spiro atoms. The highest BCUT2D eigenvalue weighted by Crippen LogP contribution is 2.40. The maximum Gasteiger partial charge on any atom is -0.0102 e. The Balaban J connectivity index is 1.43. The summed E-state index contributed by atoms with van der Waals surface area (Å²) in [5.41, 5.74) is 7.29. The van der Waals surface area contributed by atoms with Crippen LogP contribution in [0.5, 0.6) is 0 Å². The molecular weight excluding hydrogens is 360 g/mol. The van der Waals surface area contributed by atoms with E-state index in [2.05, 4.69) is 103 Å². The molecule has 0 heterocycles. The predicted molar refractivity (Wildman–Crippen MR) is 128 cm³/mol. The summed E-state index contributed by atoms with van der Waals surface area (Å²) >= 11 is 0. The molecule has 1 aliphatic rings. The quantitative estimate of drug-likeness (QED) is 0.271. The van der Waals surface area contributed by atoms with Crippen LogP contribution < -0.4 is 0 Å². The Hall–Kier alpha value is -3.38. The molecule has 1 unspecified atom stereocenters. The summed E-state index contributed by atoms with van der Waals surface area (Å²) in [4.78, 5) is 0. The van der Waals surface area contributed by atoms with Crippen molar-refractivity contribution in [1.29, 1.82) is 0 Å². The van der Waals surface area contributed by atoms with Crippen LogP contribution in [0.1, 0.15) is 29.0 Å². The molecule has 0 saturated heterocycles. The lowest BCUT2D eigenvalue weighted by atomic mass is 9.76. The molecule has 0 N–H and O–H groups in total. The zero-order valence-electron chi connectivity index (χ0n) is 17.0. The number of hydrogen-bond donors (Lipinski definition) is 0. The molecular formula is C30H24. The molecule has 1 atom stereocenters. The average Bonchev–Trinajstić information content (AvgIpc) is 2.84. The topological polar surface area (TPSA) is 0 Å². The lowest BCUT2D eigenvalue weighted by Crippen LogP contribution is -2.14. The second-order valence-corrected chi connectivity index (χ2v) is 8.48. The van der Waals surface area contributed by atoms with Gasteiger partial charge in [-0.15, -0.1) is 0 Å². The third-order valence-electron chi connectivity index (χ3n) is 6.83. The first-order valence-electron chi connectivity index (χ1n) is 10.9. The van der Waals surface area contributed by atoms with E-state index < -0.39 is 0 Å². The fraction of sp³-hybridized carbons (Fsp3) is 0.133. The van der Waals surface area contributed by atoms with Gasteiger partial charge in [0.1, 0.15) is 0 Å². The predicted octanol–water partition coefficient (Wildman–Crippen LogP) is 7.93. The summed E-state index contributed by atoms with van der Waals surface area (Å²) in [5.74, 6) is 0.576. The van der Waals surface area contributed by atoms with E-state index in [1.807, 2.05) is 0 Å². The van der Waals surface area contributed by atoms with Crippen LogP contribution in [0.3, 0.4) is 0 Å². The number of fused-ring (bicyclic) bond motifs is 5. The van der Waals surface area contributed by atoms with Gasteiger partial charge in [-0.05, 0) is 74.5 Å². The van der Waals surface area contributed by atoms with Gasteiger partial charge in [0.05, 0.1) is 0 Å². The van der Waals surface area contributed by atoms with E-state index in [1.165, 1.54) is 50.2 Å². The molecule has 30 heavy (non-hydrogen) atoms. The molecule has 5 aromatic rings. The van der Waals surface area contributed by atoms with E-state index in [9.17, 15) is 0 Å². The van der Waals surface area contributed by atoms with Gasteiger partial charge in [0, 0.05) is 0 Å². The highest BCUT2D eigenvalue weighted by molar-refractivity contribution is 6.08. The molecule has 0 radical (unpaired) electrons. The second-order valence-electron chi connectivity index (χ2n) is 8.48. The first-order chi connectivity index (χ1) is 14.9. The summed E-state index contributed by atoms with van der Waals surface area (Å²) < 4.78 is 0. The van der Waals surface area contributed by atoms with Crippen molar-refractivity contribution < 1.29 is 0 Å². The molecule has 0 amide bonds. The zero-order valence-corrected chi connectivity index (χ0v) is 17.0. The smallest absolute Gasteiger partial charge is 0.0102 e. The highest BCUT2D eigenvalue weighted by atomic mass is 14.3. The standard InChI is InChI=1S/C30H24/c1-2-8-21(9-3-1)25-11-6-7-13-27(25)23-15-17-28-24(20-23)16-19-29-26-12-5-4-10-22(26)14-18-30(28)29/h1-14,16,18-19,23H,15,17,20H2. The SMILES string of the molecule is c1ccc(-c2ccccc2C2CCc3c(ccc4c3ccc3ccccc34)C2)cc1. The average molecular weight is 385 g/mol. The molecule has 0 fully saturated rings. The Morgan fingerprint density at radius 2 is 1.33 bits per heavy atom. The summed E-state index contributed by atoms with van der Waals surface area (Å²) in [6.45, 7) is 0. The molecule has 144 valence electrons. The third kappa shape index (κ3) is 2.83. The minimum atomic E-state index is 0.576. The molecule has 0 aliphatic heterocycles. The van der Waals surface area contributed by atoms with Gasteiger partial charge in [0.15, 0.2) is 0 Å². The van der Waals surface area contributed by atoms with E-state index in [4.69, 9.17) is 0 Å². The van der Waals surface area contributed by atoms with E-state index in [1.54, 1.807) is 5.56 Å². The van der Waals surface area contributed by atoms with Crippen LogP contribution in [0.15, 0.2) is 103 Å². The van der Waals surface area contributed by atoms with Gasteiger partial charge >= 0.3 is 0 Å². The van der Waals surface area contributed by atoms with Crippen molar-refractivity contribution >= 4 is 21.5 Å². The maximum absolute atomic E-state index is 2.39. The fourth-order valence-corrected chi connectivity index (χ4v) is 5.37. The summed E-state index contributed by atoms with van der Waals surface area (Å²) in [5, 5.41) is 5.54. The molecule has 0 saturated carbocycles. The maximum atomic E-state index is 2.39. The Kier molecular flexibility index (Phi) is 4.16. The summed E-state index contributed by atoms with van der Waals surface area (Å²) in [6.07, 6.45) is 3.49. The Morgan fingerprint density at radius 3 is 2.27 bits per heavy atom. The molecule has 1 aliphatic carbocycles. The molecule has 0 heteroatoms. The van der Waals surface area contributed by atoms with Crippen LogP contribution in [0.4, 0.5) is 0 Å². The number of rotatable bonds is 2. The minimum Gasteiger partial charge on any atom is -0.0622 e. The van der Waals surface area contributed by atoms with Gasteiger partial charge in [-0.1, -0.05) is 103 Å². The number of aryl methyl sites for hydroxylation is 1. The molecule has 0 aromatic heterocycles. The van der Waals surface area contributed by atoms with Crippen molar-refractivity contribution in [3.8, 4) is 11.1 Å². The molecule has 5 aromatic carbocycles. The first kappa shape index (κ1) is 17.5. The Labute approximate surface area is 177 Å². The van der Waals surface area contributed by atoms with Gasteiger partial charge < -0.3 is 0 Å². The van der Waals surface area contributed by atoms with Crippen molar-refractivity contribution in [2.45, 2.75) is 25.2 Å². The van der Waals surface area contributed by atoms with Crippen molar-refractivity contribution in [3.05, 3.63) is 120 Å². The molecule has 6 rings (SSSR count). The van der Waals surface area contributed by atoms with Crippen LogP contribution in [0.25, 0.3) is 32.7 Å². The third-order valence-corrected chi connectivity index (χ3v) is 6.83. The minimum absolute atomic E-state index is 0.576. The van der Waals surface area contributed by atoms with E-state index in [0.29, 0.717) is 5.92 Å². The van der Waals surface area contributed by atoms with Gasteiger partial charge in [0.2, 0.25) is 0 Å². The van der Waals surface area contributed by atoms with Crippen LogP contribution in [-0.2, 0) is 12.8 Å². The van der Waals surface area contributed by atoms with Crippen LogP contribution in [0, 0.1) is 0 Å². The number of benzene rings is 5. The van der Waals surface area contributed by atoms with E-state index in [-0.39, 0.29) is 0 Å². The Morgan fingerprint density at radius 1 is 0.567 bits per heavy atom. The van der Waals surface area contributed by atoms with Gasteiger partial charge in [-0.3, -0.25) is 0 Å². The normalized spacial score (nSPS) is 15.9. The van der Waals surface area contributed by atoms with Crippen molar-refractivity contribution in [3.63, 3.8) is 0 Å². The van der Waals surface area contributed by atoms with Gasteiger partial charge in [-0.25, -0.2) is 0 Å². The largest absolute Gasteiger partial charge is 0.0622 e. The second kappa shape index (κ2) is 7.15. The van der Waals surface area contributed by atoms with Crippen molar-refractivity contribution in [2.75, 3.05) is 0 Å². The molecule has 0 bridgehead atoms. The van der Waals surface area contributed by atoms with Crippen LogP contribution >= 0.6 is 0 Å². The summed E-state index contributed by atoms with van der Waals surface area (Å²) in [7, 11) is 0. The summed E-state index contributed by atoms with van der Waals surface area (Å²) in [6, 6.07) is 37.9.